The van der Waals surface area contributed by atoms with E-state index in [1.165, 1.54) is 12.7 Å². The van der Waals surface area contributed by atoms with Crippen LogP contribution in [0.4, 0.5) is 10.5 Å². The maximum absolute atomic E-state index is 12.2. The third-order valence-electron chi connectivity index (χ3n) is 3.95. The number of methoxy groups -OCH3 is 1. The summed E-state index contributed by atoms with van der Waals surface area (Å²) in [6.07, 6.45) is 0.464. The van der Waals surface area contributed by atoms with Gasteiger partial charge in [0.15, 0.2) is 0 Å². The van der Waals surface area contributed by atoms with Crippen molar-refractivity contribution in [2.45, 2.75) is 13.0 Å². The van der Waals surface area contributed by atoms with E-state index in [2.05, 4.69) is 5.32 Å². The summed E-state index contributed by atoms with van der Waals surface area (Å²) in [6, 6.07) is 14.9. The normalized spacial score (nSPS) is 13.2. The Morgan fingerprint density at radius 3 is 2.61 bits per heavy atom. The number of ether oxygens (including phenoxy) is 1. The second kappa shape index (κ2) is 6.52. The predicted octanol–water partition coefficient (Wildman–Crippen LogP) is 3.06. The van der Waals surface area contributed by atoms with Crippen molar-refractivity contribution in [3.63, 3.8) is 0 Å². The fourth-order valence-electron chi connectivity index (χ4n) is 2.71. The first kappa shape index (κ1) is 15.1. The van der Waals surface area contributed by atoms with Crippen LogP contribution in [0.3, 0.4) is 0 Å². The van der Waals surface area contributed by atoms with Crippen molar-refractivity contribution in [3.8, 4) is 0 Å². The molecule has 0 bridgehead atoms. The molecule has 0 aromatic heterocycles. The van der Waals surface area contributed by atoms with E-state index >= 15 is 0 Å². The monoisotopic (exact) mass is 310 g/mol. The molecule has 118 valence electrons. The van der Waals surface area contributed by atoms with Crippen LogP contribution in [0, 0.1) is 0 Å². The lowest BCUT2D eigenvalue weighted by Gasteiger charge is -2.28. The Balaban J connectivity index is 1.76. The number of amides is 2. The molecule has 0 fully saturated rings. The number of hydrogen-bond donors (Lipinski definition) is 1. The highest BCUT2D eigenvalue weighted by atomic mass is 16.5. The molecule has 2 aromatic rings. The van der Waals surface area contributed by atoms with Crippen LogP contribution in [-0.2, 0) is 17.7 Å². The number of carbonyl (C=O) groups excluding carboxylic acids is 2. The molecule has 0 unspecified atom stereocenters. The summed E-state index contributed by atoms with van der Waals surface area (Å²) in [5, 5.41) is 2.89. The summed E-state index contributed by atoms with van der Waals surface area (Å²) in [5.41, 5.74) is 3.57. The van der Waals surface area contributed by atoms with Gasteiger partial charge in [-0.25, -0.2) is 4.79 Å². The van der Waals surface area contributed by atoms with Gasteiger partial charge < -0.3 is 15.0 Å². The van der Waals surface area contributed by atoms with Crippen molar-refractivity contribution in [2.75, 3.05) is 19.0 Å². The molecule has 1 N–H and O–H groups in total. The fourth-order valence-corrected chi connectivity index (χ4v) is 2.71. The first-order valence-corrected chi connectivity index (χ1v) is 7.48. The quantitative estimate of drug-likeness (QED) is 0.927. The molecule has 1 heterocycles. The number of benzene rings is 2. The van der Waals surface area contributed by atoms with Crippen molar-refractivity contribution < 1.29 is 14.3 Å². The minimum atomic E-state index is -0.325. The zero-order valence-corrected chi connectivity index (χ0v) is 12.9. The molecule has 0 saturated heterocycles. The van der Waals surface area contributed by atoms with Crippen molar-refractivity contribution >= 4 is 17.7 Å². The lowest BCUT2D eigenvalue weighted by molar-refractivity contribution is 0.102. The van der Waals surface area contributed by atoms with Gasteiger partial charge in [0.2, 0.25) is 0 Å². The van der Waals surface area contributed by atoms with Gasteiger partial charge in [0.25, 0.3) is 5.91 Å². The van der Waals surface area contributed by atoms with Crippen LogP contribution in [0.15, 0.2) is 48.5 Å². The van der Waals surface area contributed by atoms with Gasteiger partial charge in [0.05, 0.1) is 7.11 Å². The number of nitrogens with zero attached hydrogens (tertiary/aromatic N) is 1. The summed E-state index contributed by atoms with van der Waals surface area (Å²) >= 11 is 0. The molecular formula is C18H18N2O3. The molecule has 0 radical (unpaired) electrons. The number of anilines is 1. The number of nitrogens with one attached hydrogen (secondary N) is 1. The van der Waals surface area contributed by atoms with E-state index in [1.807, 2.05) is 36.4 Å². The molecule has 1 aliphatic rings. The van der Waals surface area contributed by atoms with Gasteiger partial charge >= 0.3 is 6.09 Å². The highest BCUT2D eigenvalue weighted by Gasteiger charge is 2.21. The van der Waals surface area contributed by atoms with Crippen LogP contribution in [-0.4, -0.2) is 30.6 Å². The highest BCUT2D eigenvalue weighted by Crippen LogP contribution is 2.23. The molecule has 0 saturated carbocycles. The number of carbonyl (C=O) groups is 2. The Morgan fingerprint density at radius 2 is 1.87 bits per heavy atom. The summed E-state index contributed by atoms with van der Waals surface area (Å²) in [6.45, 7) is 1.15. The van der Waals surface area contributed by atoms with Gasteiger partial charge in [-0.2, -0.15) is 0 Å². The van der Waals surface area contributed by atoms with Gasteiger partial charge in [-0.05, 0) is 41.8 Å². The maximum atomic E-state index is 12.2. The van der Waals surface area contributed by atoms with Gasteiger partial charge in [-0.1, -0.05) is 24.3 Å². The van der Waals surface area contributed by atoms with Gasteiger partial charge in [-0.3, -0.25) is 4.79 Å². The van der Waals surface area contributed by atoms with Crippen LogP contribution < -0.4 is 5.32 Å². The van der Waals surface area contributed by atoms with Crippen molar-refractivity contribution in [1.29, 1.82) is 0 Å². The van der Waals surface area contributed by atoms with Crippen LogP contribution in [0.2, 0.25) is 0 Å². The average Bonchev–Trinajstić information content (AvgIpc) is 2.61. The Bertz CT molecular complexity index is 728. The van der Waals surface area contributed by atoms with E-state index < -0.39 is 0 Å². The SMILES string of the molecule is COC(=O)N1CCc2ccc(NC(=O)c3ccccc3)cc2C1. The Kier molecular flexibility index (Phi) is 4.28. The van der Waals surface area contributed by atoms with Crippen molar-refractivity contribution in [3.05, 3.63) is 65.2 Å². The van der Waals surface area contributed by atoms with Crippen molar-refractivity contribution in [2.24, 2.45) is 0 Å². The molecule has 5 heteroatoms. The molecule has 0 atom stereocenters. The van der Waals surface area contributed by atoms with E-state index in [9.17, 15) is 9.59 Å². The molecule has 0 aliphatic carbocycles. The van der Waals surface area contributed by atoms with Crippen molar-refractivity contribution in [1.82, 2.24) is 4.90 Å². The standard InChI is InChI=1S/C18H18N2O3/c1-23-18(22)20-10-9-13-7-8-16(11-15(13)12-20)19-17(21)14-5-3-2-4-6-14/h2-8,11H,9-10,12H2,1H3,(H,19,21). The van der Waals surface area contributed by atoms with Crippen LogP contribution >= 0.6 is 0 Å². The predicted molar refractivity (Wildman–Crippen MR) is 87.4 cm³/mol. The molecule has 2 aromatic carbocycles. The average molecular weight is 310 g/mol. The minimum Gasteiger partial charge on any atom is -0.453 e. The molecule has 1 aliphatic heterocycles. The lowest BCUT2D eigenvalue weighted by Crippen LogP contribution is -2.35. The molecule has 3 rings (SSSR count). The number of fused-ring (bicyclic) bond motifs is 1. The van der Waals surface area contributed by atoms with E-state index in [-0.39, 0.29) is 12.0 Å². The van der Waals surface area contributed by atoms with E-state index in [4.69, 9.17) is 4.74 Å². The second-order valence-corrected chi connectivity index (χ2v) is 5.45. The van der Waals surface area contributed by atoms with Gasteiger partial charge in [0.1, 0.15) is 0 Å². The summed E-state index contributed by atoms with van der Waals surface area (Å²) in [5.74, 6) is -0.147. The van der Waals surface area contributed by atoms with E-state index in [1.54, 1.807) is 17.0 Å². The number of hydrogen-bond acceptors (Lipinski definition) is 3. The largest absolute Gasteiger partial charge is 0.453 e. The van der Waals surface area contributed by atoms with E-state index in [0.29, 0.717) is 18.7 Å². The third kappa shape index (κ3) is 3.34. The molecule has 0 spiro atoms. The van der Waals surface area contributed by atoms with E-state index in [0.717, 1.165) is 17.7 Å². The Labute approximate surface area is 134 Å². The number of rotatable bonds is 2. The smallest absolute Gasteiger partial charge is 0.409 e. The summed E-state index contributed by atoms with van der Waals surface area (Å²) in [4.78, 5) is 25.5. The summed E-state index contributed by atoms with van der Waals surface area (Å²) in [7, 11) is 1.38. The first-order chi connectivity index (χ1) is 11.2. The minimum absolute atomic E-state index is 0.147. The molecule has 2 amide bonds. The zero-order chi connectivity index (χ0) is 16.2. The lowest BCUT2D eigenvalue weighted by atomic mass is 9.99. The molecule has 23 heavy (non-hydrogen) atoms. The van der Waals surface area contributed by atoms with Gasteiger partial charge in [-0.15, -0.1) is 0 Å². The van der Waals surface area contributed by atoms with Crippen LogP contribution in [0.1, 0.15) is 21.5 Å². The topological polar surface area (TPSA) is 58.6 Å². The van der Waals surface area contributed by atoms with Crippen LogP contribution in [0.25, 0.3) is 0 Å². The fraction of sp³-hybridized carbons (Fsp3) is 0.222. The Morgan fingerprint density at radius 1 is 1.09 bits per heavy atom. The van der Waals surface area contributed by atoms with Crippen LogP contribution in [0.5, 0.6) is 0 Å². The Hall–Kier alpha value is -2.82. The van der Waals surface area contributed by atoms with Gasteiger partial charge in [0, 0.05) is 24.3 Å². The first-order valence-electron chi connectivity index (χ1n) is 7.48. The second-order valence-electron chi connectivity index (χ2n) is 5.45. The molecule has 5 nitrogen and oxygen atoms in total. The molecular weight excluding hydrogens is 292 g/mol. The highest BCUT2D eigenvalue weighted by molar-refractivity contribution is 6.04. The third-order valence-corrected chi connectivity index (χ3v) is 3.95. The zero-order valence-electron chi connectivity index (χ0n) is 12.9. The summed E-state index contributed by atoms with van der Waals surface area (Å²) < 4.78 is 4.77. The maximum Gasteiger partial charge on any atom is 0.409 e.